The van der Waals surface area contributed by atoms with Crippen LogP contribution in [0.25, 0.3) is 0 Å². The minimum atomic E-state index is 0.0000720. The molecule has 0 saturated carbocycles. The van der Waals surface area contributed by atoms with Crippen LogP contribution < -0.4 is 5.32 Å². The van der Waals surface area contributed by atoms with Crippen molar-refractivity contribution in [1.82, 2.24) is 10.3 Å². The van der Waals surface area contributed by atoms with Gasteiger partial charge in [0.2, 0.25) is 0 Å². The third-order valence-electron chi connectivity index (χ3n) is 2.66. The first-order chi connectivity index (χ1) is 9.66. The Kier molecular flexibility index (Phi) is 5.61. The van der Waals surface area contributed by atoms with Crippen LogP contribution in [-0.2, 0) is 5.75 Å². The molecule has 3 nitrogen and oxygen atoms in total. The molecule has 2 aromatic rings. The summed E-state index contributed by atoms with van der Waals surface area (Å²) < 4.78 is 0. The summed E-state index contributed by atoms with van der Waals surface area (Å²) >= 11 is 3.24. The predicted molar refractivity (Wildman–Crippen MR) is 85.3 cm³/mol. The minimum absolute atomic E-state index is 0.0000720. The summed E-state index contributed by atoms with van der Waals surface area (Å²) in [6.45, 7) is 4.87. The monoisotopic (exact) mass is 306 g/mol. The largest absolute Gasteiger partial charge is 0.352 e. The summed E-state index contributed by atoms with van der Waals surface area (Å²) in [4.78, 5) is 17.5. The second kappa shape index (κ2) is 7.45. The summed E-state index contributed by atoms with van der Waals surface area (Å²) in [5.41, 5.74) is 3.63. The van der Waals surface area contributed by atoms with Crippen molar-refractivity contribution in [1.29, 1.82) is 0 Å². The molecule has 0 atom stereocenters. The van der Waals surface area contributed by atoms with Crippen molar-refractivity contribution in [3.8, 4) is 0 Å². The lowest BCUT2D eigenvalue weighted by molar-refractivity contribution is 0.0946. The Hall–Kier alpha value is -1.33. The molecular weight excluding hydrogens is 288 g/mol. The molecule has 2 rings (SSSR count). The van der Waals surface area contributed by atoms with E-state index in [1.807, 2.05) is 35.2 Å². The number of nitrogens with zero attached hydrogens (tertiary/aromatic N) is 1. The standard InChI is InChI=1S/C15H18N2OS2/c1-11(2)7-16-15(18)13-5-3-4-6-14(13)20-9-12-8-19-10-17-12/h3-6,8,10-11H,7,9H2,1-2H3,(H,16,18). The molecule has 0 radical (unpaired) electrons. The molecular formula is C15H18N2OS2. The number of hydrogen-bond acceptors (Lipinski definition) is 4. The number of thioether (sulfide) groups is 1. The zero-order chi connectivity index (χ0) is 14.4. The molecule has 0 saturated heterocycles. The van der Waals surface area contributed by atoms with Gasteiger partial charge in [-0.25, -0.2) is 4.98 Å². The van der Waals surface area contributed by atoms with Gasteiger partial charge in [0, 0.05) is 22.6 Å². The van der Waals surface area contributed by atoms with Gasteiger partial charge in [-0.3, -0.25) is 4.79 Å². The smallest absolute Gasteiger partial charge is 0.252 e. The zero-order valence-electron chi connectivity index (χ0n) is 11.6. The Morgan fingerprint density at radius 3 is 2.90 bits per heavy atom. The quantitative estimate of drug-likeness (QED) is 0.825. The lowest BCUT2D eigenvalue weighted by Gasteiger charge is -2.10. The lowest BCUT2D eigenvalue weighted by atomic mass is 10.2. The normalized spacial score (nSPS) is 10.8. The summed E-state index contributed by atoms with van der Waals surface area (Å²) in [6, 6.07) is 7.72. The van der Waals surface area contributed by atoms with Gasteiger partial charge in [0.05, 0.1) is 16.8 Å². The third-order valence-corrected chi connectivity index (χ3v) is 4.40. The molecule has 1 amide bonds. The van der Waals surface area contributed by atoms with E-state index in [1.54, 1.807) is 23.1 Å². The van der Waals surface area contributed by atoms with Crippen molar-refractivity contribution < 1.29 is 4.79 Å². The van der Waals surface area contributed by atoms with E-state index < -0.39 is 0 Å². The fourth-order valence-corrected chi connectivity index (χ4v) is 3.25. The van der Waals surface area contributed by atoms with Gasteiger partial charge < -0.3 is 5.32 Å². The fourth-order valence-electron chi connectivity index (χ4n) is 1.63. The molecule has 0 aliphatic carbocycles. The van der Waals surface area contributed by atoms with Gasteiger partial charge in [-0.15, -0.1) is 23.1 Å². The molecule has 5 heteroatoms. The summed E-state index contributed by atoms with van der Waals surface area (Å²) in [5, 5.41) is 5.00. The van der Waals surface area contributed by atoms with Crippen LogP contribution in [0.1, 0.15) is 29.9 Å². The molecule has 20 heavy (non-hydrogen) atoms. The molecule has 1 aromatic heterocycles. The van der Waals surface area contributed by atoms with Gasteiger partial charge in [-0.1, -0.05) is 26.0 Å². The highest BCUT2D eigenvalue weighted by molar-refractivity contribution is 7.98. The summed E-state index contributed by atoms with van der Waals surface area (Å²) in [6.07, 6.45) is 0. The van der Waals surface area contributed by atoms with Crippen LogP contribution in [0.2, 0.25) is 0 Å². The van der Waals surface area contributed by atoms with Crippen molar-refractivity contribution in [3.63, 3.8) is 0 Å². The molecule has 1 aromatic carbocycles. The van der Waals surface area contributed by atoms with Gasteiger partial charge in [0.1, 0.15) is 0 Å². The van der Waals surface area contributed by atoms with Crippen LogP contribution in [0, 0.1) is 5.92 Å². The minimum Gasteiger partial charge on any atom is -0.352 e. The predicted octanol–water partition coefficient (Wildman–Crippen LogP) is 3.82. The van der Waals surface area contributed by atoms with Crippen LogP contribution in [0.3, 0.4) is 0 Å². The third kappa shape index (κ3) is 4.35. The number of thiazole rings is 1. The van der Waals surface area contributed by atoms with Crippen molar-refractivity contribution in [2.45, 2.75) is 24.5 Å². The highest BCUT2D eigenvalue weighted by Crippen LogP contribution is 2.26. The zero-order valence-corrected chi connectivity index (χ0v) is 13.3. The van der Waals surface area contributed by atoms with E-state index in [1.165, 1.54) is 0 Å². The summed E-state index contributed by atoms with van der Waals surface area (Å²) in [5.74, 6) is 1.24. The Bertz CT molecular complexity index is 553. The first kappa shape index (κ1) is 15.1. The lowest BCUT2D eigenvalue weighted by Crippen LogP contribution is -2.27. The first-order valence-electron chi connectivity index (χ1n) is 6.54. The number of aromatic nitrogens is 1. The van der Waals surface area contributed by atoms with Crippen LogP contribution >= 0.6 is 23.1 Å². The van der Waals surface area contributed by atoms with Crippen LogP contribution in [-0.4, -0.2) is 17.4 Å². The van der Waals surface area contributed by atoms with E-state index in [-0.39, 0.29) is 5.91 Å². The second-order valence-electron chi connectivity index (χ2n) is 4.87. The van der Waals surface area contributed by atoms with Crippen molar-refractivity contribution in [2.75, 3.05) is 6.54 Å². The number of carbonyl (C=O) groups excluding carboxylic acids is 1. The number of benzene rings is 1. The van der Waals surface area contributed by atoms with Crippen molar-refractivity contribution in [2.24, 2.45) is 5.92 Å². The maximum Gasteiger partial charge on any atom is 0.252 e. The van der Waals surface area contributed by atoms with Gasteiger partial charge in [0.15, 0.2) is 0 Å². The molecule has 0 unspecified atom stereocenters. The Labute approximate surface area is 127 Å². The van der Waals surface area contributed by atoms with E-state index in [0.29, 0.717) is 12.5 Å². The number of hydrogen-bond donors (Lipinski definition) is 1. The Morgan fingerprint density at radius 1 is 1.40 bits per heavy atom. The van der Waals surface area contributed by atoms with Crippen molar-refractivity contribution in [3.05, 3.63) is 46.4 Å². The van der Waals surface area contributed by atoms with E-state index in [2.05, 4.69) is 24.1 Å². The molecule has 0 fully saturated rings. The molecule has 106 valence electrons. The van der Waals surface area contributed by atoms with E-state index >= 15 is 0 Å². The highest BCUT2D eigenvalue weighted by Gasteiger charge is 2.11. The van der Waals surface area contributed by atoms with Crippen LogP contribution in [0.5, 0.6) is 0 Å². The SMILES string of the molecule is CC(C)CNC(=O)c1ccccc1SCc1cscn1. The Balaban J connectivity index is 2.03. The van der Waals surface area contributed by atoms with Crippen LogP contribution in [0.15, 0.2) is 40.1 Å². The van der Waals surface area contributed by atoms with E-state index in [9.17, 15) is 4.79 Å². The van der Waals surface area contributed by atoms with E-state index in [0.717, 1.165) is 21.9 Å². The Morgan fingerprint density at radius 2 is 2.20 bits per heavy atom. The van der Waals surface area contributed by atoms with Gasteiger partial charge in [-0.05, 0) is 18.1 Å². The van der Waals surface area contributed by atoms with Gasteiger partial charge in [-0.2, -0.15) is 0 Å². The first-order valence-corrected chi connectivity index (χ1v) is 8.46. The van der Waals surface area contributed by atoms with Crippen molar-refractivity contribution >= 4 is 29.0 Å². The molecule has 0 spiro atoms. The fraction of sp³-hybridized carbons (Fsp3) is 0.333. The number of nitrogens with one attached hydrogen (secondary N) is 1. The van der Waals surface area contributed by atoms with Gasteiger partial charge >= 0.3 is 0 Å². The molecule has 0 aliphatic heterocycles. The van der Waals surface area contributed by atoms with Crippen LogP contribution in [0.4, 0.5) is 0 Å². The molecule has 1 N–H and O–H groups in total. The topological polar surface area (TPSA) is 42.0 Å². The number of rotatable bonds is 6. The van der Waals surface area contributed by atoms with E-state index in [4.69, 9.17) is 0 Å². The average molecular weight is 306 g/mol. The highest BCUT2D eigenvalue weighted by atomic mass is 32.2. The molecule has 0 bridgehead atoms. The average Bonchev–Trinajstić information content (AvgIpc) is 2.96. The summed E-state index contributed by atoms with van der Waals surface area (Å²) in [7, 11) is 0. The second-order valence-corrected chi connectivity index (χ2v) is 6.60. The maximum absolute atomic E-state index is 12.2. The molecule has 1 heterocycles. The number of amides is 1. The molecule has 0 aliphatic rings. The number of carbonyl (C=O) groups is 1. The van der Waals surface area contributed by atoms with Gasteiger partial charge in [0.25, 0.3) is 5.91 Å². The maximum atomic E-state index is 12.2.